The first-order valence-electron chi connectivity index (χ1n) is 7.29. The largest absolute Gasteiger partial charge is 0.504 e. The van der Waals surface area contributed by atoms with Crippen molar-refractivity contribution in [3.8, 4) is 11.5 Å². The van der Waals surface area contributed by atoms with Crippen molar-refractivity contribution in [2.45, 2.75) is 19.9 Å². The van der Waals surface area contributed by atoms with Gasteiger partial charge in [0.1, 0.15) is 19.6 Å². The Morgan fingerprint density at radius 1 is 1.21 bits per heavy atom. The molecule has 1 aliphatic heterocycles. The summed E-state index contributed by atoms with van der Waals surface area (Å²) in [5, 5.41) is 10.2. The number of rotatable bonds is 4. The van der Waals surface area contributed by atoms with Gasteiger partial charge < -0.3 is 19.6 Å². The second-order valence-corrected chi connectivity index (χ2v) is 5.43. The molecule has 2 atom stereocenters. The Labute approximate surface area is 115 Å². The lowest BCUT2D eigenvalue weighted by Gasteiger charge is -2.17. The average Bonchev–Trinajstić information content (AvgIpc) is 2.60. The number of ether oxygens (including phenoxy) is 1. The summed E-state index contributed by atoms with van der Waals surface area (Å²) in [5.41, 5.74) is 1.00. The summed E-state index contributed by atoms with van der Waals surface area (Å²) in [4.78, 5) is 3.17. The van der Waals surface area contributed by atoms with Crippen LogP contribution in [-0.4, -0.2) is 44.9 Å². The monoisotopic (exact) mass is 266 g/mol. The van der Waals surface area contributed by atoms with Crippen LogP contribution in [0.5, 0.6) is 11.5 Å². The molecule has 1 saturated heterocycles. The third-order valence-electron chi connectivity index (χ3n) is 3.86. The third kappa shape index (κ3) is 3.85. The molecule has 0 saturated carbocycles. The Balaban J connectivity index is 2.04. The van der Waals surface area contributed by atoms with Gasteiger partial charge in [0.2, 0.25) is 0 Å². The van der Waals surface area contributed by atoms with Crippen molar-refractivity contribution >= 4 is 0 Å². The number of hydrogen-bond donors (Lipinski definition) is 3. The Hall–Kier alpha value is -1.26. The van der Waals surface area contributed by atoms with Crippen LogP contribution in [0.25, 0.3) is 0 Å². The molecule has 0 aromatic heterocycles. The number of phenols is 1. The fourth-order valence-corrected chi connectivity index (χ4v) is 2.71. The molecule has 1 heterocycles. The van der Waals surface area contributed by atoms with Crippen LogP contribution in [0.4, 0.5) is 0 Å². The molecule has 1 aliphatic rings. The number of phenolic OH excluding ortho intramolecular Hbond substituents is 1. The van der Waals surface area contributed by atoms with Gasteiger partial charge in [-0.3, -0.25) is 0 Å². The molecule has 0 radical (unpaired) electrons. The smallest absolute Gasteiger partial charge is 0.166 e. The quantitative estimate of drug-likeness (QED) is 0.660. The van der Waals surface area contributed by atoms with E-state index in [0.29, 0.717) is 18.1 Å². The van der Waals surface area contributed by atoms with Gasteiger partial charge >= 0.3 is 0 Å². The number of quaternary nitrogens is 2. The van der Waals surface area contributed by atoms with Crippen LogP contribution in [0, 0.1) is 0 Å². The summed E-state index contributed by atoms with van der Waals surface area (Å²) in [6.45, 7) is 8.24. The normalized spacial score (nSPS) is 23.9. The van der Waals surface area contributed by atoms with Gasteiger partial charge in [0.05, 0.1) is 32.3 Å². The zero-order chi connectivity index (χ0) is 13.7. The van der Waals surface area contributed by atoms with E-state index >= 15 is 0 Å². The highest BCUT2D eigenvalue weighted by Gasteiger charge is 2.19. The minimum Gasteiger partial charge on any atom is -0.504 e. The maximum absolute atomic E-state index is 10.2. The number of para-hydroxylation sites is 1. The van der Waals surface area contributed by atoms with Gasteiger partial charge in [-0.2, -0.15) is 0 Å². The van der Waals surface area contributed by atoms with Crippen LogP contribution in [-0.2, 0) is 6.54 Å². The lowest BCUT2D eigenvalue weighted by Crippen LogP contribution is -3.15. The molecular weight excluding hydrogens is 240 g/mol. The minimum absolute atomic E-state index is 0.321. The van der Waals surface area contributed by atoms with E-state index in [1.165, 1.54) is 32.6 Å². The molecule has 0 spiro atoms. The first kappa shape index (κ1) is 14.2. The molecule has 0 bridgehead atoms. The van der Waals surface area contributed by atoms with Crippen molar-refractivity contribution in [3.05, 3.63) is 23.8 Å². The van der Waals surface area contributed by atoms with Gasteiger partial charge in [-0.05, 0) is 19.1 Å². The highest BCUT2D eigenvalue weighted by atomic mass is 16.5. The summed E-state index contributed by atoms with van der Waals surface area (Å²) in [6.07, 6.45) is 1.26. The van der Waals surface area contributed by atoms with E-state index in [1.54, 1.807) is 9.80 Å². The van der Waals surface area contributed by atoms with Gasteiger partial charge in [-0.15, -0.1) is 0 Å². The molecule has 1 aromatic carbocycles. The van der Waals surface area contributed by atoms with Crippen LogP contribution in [0.2, 0.25) is 0 Å². The highest BCUT2D eigenvalue weighted by Crippen LogP contribution is 2.29. The second-order valence-electron chi connectivity index (χ2n) is 5.43. The van der Waals surface area contributed by atoms with Crippen molar-refractivity contribution in [1.82, 2.24) is 0 Å². The molecule has 4 heteroatoms. The first-order valence-corrected chi connectivity index (χ1v) is 7.29. The molecule has 19 heavy (non-hydrogen) atoms. The molecule has 3 N–H and O–H groups in total. The molecule has 1 aromatic rings. The highest BCUT2D eigenvalue weighted by molar-refractivity contribution is 5.44. The predicted molar refractivity (Wildman–Crippen MR) is 74.9 cm³/mol. The maximum atomic E-state index is 10.2. The van der Waals surface area contributed by atoms with E-state index in [9.17, 15) is 5.11 Å². The van der Waals surface area contributed by atoms with Crippen molar-refractivity contribution in [3.63, 3.8) is 0 Å². The number of benzene rings is 1. The Morgan fingerprint density at radius 3 is 2.84 bits per heavy atom. The Morgan fingerprint density at radius 2 is 2.05 bits per heavy atom. The van der Waals surface area contributed by atoms with E-state index in [-0.39, 0.29) is 0 Å². The fourth-order valence-electron chi connectivity index (χ4n) is 2.71. The molecule has 0 aliphatic carbocycles. The van der Waals surface area contributed by atoms with Crippen molar-refractivity contribution in [1.29, 1.82) is 0 Å². The predicted octanol–water partition coefficient (Wildman–Crippen LogP) is -0.906. The van der Waals surface area contributed by atoms with Crippen LogP contribution < -0.4 is 14.5 Å². The van der Waals surface area contributed by atoms with Crippen molar-refractivity contribution in [2.75, 3.05) is 39.8 Å². The Kier molecular flexibility index (Phi) is 5.05. The van der Waals surface area contributed by atoms with Crippen LogP contribution in [0.1, 0.15) is 18.9 Å². The van der Waals surface area contributed by atoms with E-state index in [2.05, 4.69) is 7.05 Å². The molecule has 1 fully saturated rings. The first-order chi connectivity index (χ1) is 9.20. The lowest BCUT2D eigenvalue weighted by atomic mass is 10.1. The van der Waals surface area contributed by atoms with Gasteiger partial charge in [0.25, 0.3) is 0 Å². The molecule has 2 rings (SSSR count). The van der Waals surface area contributed by atoms with Gasteiger partial charge in [-0.1, -0.05) is 6.07 Å². The number of aromatic hydroxyl groups is 1. The average molecular weight is 266 g/mol. The molecule has 4 nitrogen and oxygen atoms in total. The maximum Gasteiger partial charge on any atom is 0.166 e. The van der Waals surface area contributed by atoms with Crippen LogP contribution in [0.15, 0.2) is 18.2 Å². The van der Waals surface area contributed by atoms with E-state index in [0.717, 1.165) is 12.1 Å². The zero-order valence-electron chi connectivity index (χ0n) is 12.0. The van der Waals surface area contributed by atoms with E-state index in [1.807, 2.05) is 25.1 Å². The minimum atomic E-state index is 0.321. The standard InChI is InChI=1S/C15H24N2O2/c1-3-19-14-7-4-6-13(15(14)18)12-17-9-5-8-16(2)10-11-17/h4,6-7,18H,3,5,8-12H2,1-2H3/p+2. The number of hydrogen-bond acceptors (Lipinski definition) is 2. The summed E-state index contributed by atoms with van der Waals surface area (Å²) < 4.78 is 5.44. The lowest BCUT2D eigenvalue weighted by molar-refractivity contribution is -0.938. The van der Waals surface area contributed by atoms with Crippen LogP contribution >= 0.6 is 0 Å². The zero-order valence-corrected chi connectivity index (χ0v) is 12.0. The molecular formula is C15H26N2O2+2. The second kappa shape index (κ2) is 6.78. The van der Waals surface area contributed by atoms with E-state index in [4.69, 9.17) is 4.74 Å². The van der Waals surface area contributed by atoms with Crippen LogP contribution in [0.3, 0.4) is 0 Å². The SMILES string of the molecule is CCOc1cccc(C[NH+]2CCC[NH+](C)CC2)c1O. The third-order valence-corrected chi connectivity index (χ3v) is 3.86. The molecule has 2 unspecified atom stereocenters. The van der Waals surface area contributed by atoms with Gasteiger partial charge in [-0.25, -0.2) is 0 Å². The van der Waals surface area contributed by atoms with Crippen molar-refractivity contribution < 1.29 is 19.6 Å². The summed E-state index contributed by atoms with van der Waals surface area (Å²) in [7, 11) is 2.26. The molecule has 106 valence electrons. The van der Waals surface area contributed by atoms with Gasteiger partial charge in [0.15, 0.2) is 11.5 Å². The Bertz CT molecular complexity index is 409. The summed E-state index contributed by atoms with van der Waals surface area (Å²) in [6, 6.07) is 5.80. The molecule has 0 amide bonds. The van der Waals surface area contributed by atoms with Gasteiger partial charge in [0, 0.05) is 6.42 Å². The van der Waals surface area contributed by atoms with Crippen molar-refractivity contribution in [2.24, 2.45) is 0 Å². The van der Waals surface area contributed by atoms with E-state index < -0.39 is 0 Å². The topological polar surface area (TPSA) is 38.3 Å². The summed E-state index contributed by atoms with van der Waals surface area (Å²) >= 11 is 0. The number of nitrogens with one attached hydrogen (secondary N) is 2. The fraction of sp³-hybridized carbons (Fsp3) is 0.600. The summed E-state index contributed by atoms with van der Waals surface area (Å²) in [5.74, 6) is 0.929. The number of likely N-dealkylation sites (N-methyl/N-ethyl adjacent to an activating group) is 1.